The summed E-state index contributed by atoms with van der Waals surface area (Å²) in [6, 6.07) is 0. The standard InChI is InChI=1S/C16H30N6O.HI/c1-6-8-17-16(18-9-7-10-23-12-13(2)3)19-11-15-21-20-14(4)22(15)5;/h6,13H,1,7-12H2,2-5H3,(H2,17,18,19);1H. The van der Waals surface area contributed by atoms with Crippen LogP contribution >= 0.6 is 24.0 Å². The highest BCUT2D eigenvalue weighted by Crippen LogP contribution is 1.99. The van der Waals surface area contributed by atoms with Gasteiger partial charge in [0, 0.05) is 33.4 Å². The maximum Gasteiger partial charge on any atom is 0.191 e. The predicted molar refractivity (Wildman–Crippen MR) is 109 cm³/mol. The molecule has 0 fully saturated rings. The Kier molecular flexibility index (Phi) is 12.5. The lowest BCUT2D eigenvalue weighted by Crippen LogP contribution is -2.38. The average Bonchev–Trinajstić information content (AvgIpc) is 2.84. The summed E-state index contributed by atoms with van der Waals surface area (Å²) in [6.45, 7) is 13.4. The monoisotopic (exact) mass is 450 g/mol. The molecule has 0 bridgehead atoms. The minimum absolute atomic E-state index is 0. The molecular formula is C16H31IN6O. The molecule has 1 heterocycles. The van der Waals surface area contributed by atoms with Crippen molar-refractivity contribution in [2.45, 2.75) is 33.7 Å². The van der Waals surface area contributed by atoms with Gasteiger partial charge < -0.3 is 19.9 Å². The SMILES string of the molecule is C=CCNC(=NCc1nnc(C)n1C)NCCCOCC(C)C.I. The second-order valence-corrected chi connectivity index (χ2v) is 5.81. The molecular weight excluding hydrogens is 419 g/mol. The van der Waals surface area contributed by atoms with Crippen LogP contribution in [0.15, 0.2) is 17.6 Å². The zero-order valence-electron chi connectivity index (χ0n) is 15.2. The highest BCUT2D eigenvalue weighted by Gasteiger charge is 2.04. The highest BCUT2D eigenvalue weighted by molar-refractivity contribution is 14.0. The lowest BCUT2D eigenvalue weighted by Gasteiger charge is -2.12. The molecule has 0 saturated carbocycles. The third kappa shape index (κ3) is 9.21. The topological polar surface area (TPSA) is 76.4 Å². The minimum atomic E-state index is 0. The summed E-state index contributed by atoms with van der Waals surface area (Å²) in [6.07, 6.45) is 2.74. The van der Waals surface area contributed by atoms with Crippen molar-refractivity contribution >= 4 is 29.9 Å². The van der Waals surface area contributed by atoms with E-state index in [0.29, 0.717) is 19.0 Å². The van der Waals surface area contributed by atoms with Gasteiger partial charge in [-0.3, -0.25) is 0 Å². The summed E-state index contributed by atoms with van der Waals surface area (Å²) < 4.78 is 7.51. The molecule has 0 aliphatic rings. The van der Waals surface area contributed by atoms with Crippen LogP contribution in [0.4, 0.5) is 0 Å². The van der Waals surface area contributed by atoms with Gasteiger partial charge in [-0.2, -0.15) is 0 Å². The summed E-state index contributed by atoms with van der Waals surface area (Å²) in [7, 11) is 1.94. The van der Waals surface area contributed by atoms with Crippen LogP contribution in [0.1, 0.15) is 31.9 Å². The lowest BCUT2D eigenvalue weighted by atomic mass is 10.2. The predicted octanol–water partition coefficient (Wildman–Crippen LogP) is 2.03. The first kappa shape index (κ1) is 22.8. The molecule has 138 valence electrons. The quantitative estimate of drug-likeness (QED) is 0.188. The van der Waals surface area contributed by atoms with E-state index in [9.17, 15) is 0 Å². The van der Waals surface area contributed by atoms with Crippen molar-refractivity contribution in [1.82, 2.24) is 25.4 Å². The number of nitrogens with zero attached hydrogens (tertiary/aromatic N) is 4. The number of hydrogen-bond donors (Lipinski definition) is 2. The zero-order valence-corrected chi connectivity index (χ0v) is 17.5. The summed E-state index contributed by atoms with van der Waals surface area (Å²) in [5.74, 6) is 3.03. The van der Waals surface area contributed by atoms with E-state index in [1.807, 2.05) is 18.5 Å². The number of hydrogen-bond acceptors (Lipinski definition) is 4. The zero-order chi connectivity index (χ0) is 17.1. The molecule has 0 amide bonds. The Morgan fingerprint density at radius 2 is 2.12 bits per heavy atom. The number of aromatic nitrogens is 3. The number of aliphatic imine (C=N–C) groups is 1. The van der Waals surface area contributed by atoms with E-state index >= 15 is 0 Å². The van der Waals surface area contributed by atoms with Crippen molar-refractivity contribution in [3.8, 4) is 0 Å². The van der Waals surface area contributed by atoms with Gasteiger partial charge in [-0.25, -0.2) is 4.99 Å². The molecule has 0 aliphatic carbocycles. The van der Waals surface area contributed by atoms with E-state index in [-0.39, 0.29) is 24.0 Å². The molecule has 1 rings (SSSR count). The van der Waals surface area contributed by atoms with Crippen LogP contribution in [0.5, 0.6) is 0 Å². The lowest BCUT2D eigenvalue weighted by molar-refractivity contribution is 0.108. The number of guanidine groups is 1. The van der Waals surface area contributed by atoms with Gasteiger partial charge in [0.25, 0.3) is 0 Å². The normalized spacial score (nSPS) is 11.3. The fraction of sp³-hybridized carbons (Fsp3) is 0.688. The van der Waals surface area contributed by atoms with E-state index in [2.05, 4.69) is 46.2 Å². The summed E-state index contributed by atoms with van der Waals surface area (Å²) >= 11 is 0. The first-order valence-corrected chi connectivity index (χ1v) is 8.10. The van der Waals surface area contributed by atoms with Crippen LogP contribution in [0.25, 0.3) is 0 Å². The van der Waals surface area contributed by atoms with Crippen molar-refractivity contribution in [2.75, 3.05) is 26.3 Å². The van der Waals surface area contributed by atoms with Gasteiger partial charge in [-0.05, 0) is 19.3 Å². The van der Waals surface area contributed by atoms with E-state index in [4.69, 9.17) is 4.74 Å². The Balaban J connectivity index is 0.00000529. The molecule has 8 heteroatoms. The molecule has 0 spiro atoms. The van der Waals surface area contributed by atoms with Crippen molar-refractivity contribution in [2.24, 2.45) is 18.0 Å². The molecule has 7 nitrogen and oxygen atoms in total. The molecule has 0 atom stereocenters. The number of ether oxygens (including phenoxy) is 1. The molecule has 0 saturated heterocycles. The molecule has 1 aromatic heterocycles. The fourth-order valence-electron chi connectivity index (χ4n) is 1.78. The molecule has 0 aromatic carbocycles. The minimum Gasteiger partial charge on any atom is -0.381 e. The van der Waals surface area contributed by atoms with E-state index in [1.165, 1.54) is 0 Å². The maximum absolute atomic E-state index is 5.57. The molecule has 1 aromatic rings. The smallest absolute Gasteiger partial charge is 0.191 e. The van der Waals surface area contributed by atoms with Crippen molar-refractivity contribution < 1.29 is 4.74 Å². The van der Waals surface area contributed by atoms with E-state index < -0.39 is 0 Å². The van der Waals surface area contributed by atoms with Crippen molar-refractivity contribution in [3.63, 3.8) is 0 Å². The largest absolute Gasteiger partial charge is 0.381 e. The van der Waals surface area contributed by atoms with E-state index in [0.717, 1.165) is 43.8 Å². The van der Waals surface area contributed by atoms with Gasteiger partial charge in [0.2, 0.25) is 0 Å². The molecule has 0 unspecified atom stereocenters. The first-order valence-electron chi connectivity index (χ1n) is 8.10. The van der Waals surface area contributed by atoms with E-state index in [1.54, 1.807) is 6.08 Å². The van der Waals surface area contributed by atoms with Gasteiger partial charge in [0.1, 0.15) is 12.4 Å². The second-order valence-electron chi connectivity index (χ2n) is 5.81. The third-order valence-corrected chi connectivity index (χ3v) is 3.18. The Morgan fingerprint density at radius 3 is 2.71 bits per heavy atom. The Labute approximate surface area is 162 Å². The molecule has 24 heavy (non-hydrogen) atoms. The van der Waals surface area contributed by atoms with Gasteiger partial charge in [-0.1, -0.05) is 19.9 Å². The van der Waals surface area contributed by atoms with Gasteiger partial charge in [0.05, 0.1) is 0 Å². The first-order chi connectivity index (χ1) is 11.0. The van der Waals surface area contributed by atoms with Crippen LogP contribution in [-0.4, -0.2) is 47.0 Å². The van der Waals surface area contributed by atoms with Gasteiger partial charge >= 0.3 is 0 Å². The molecule has 2 N–H and O–H groups in total. The summed E-state index contributed by atoms with van der Waals surface area (Å²) in [4.78, 5) is 4.53. The fourth-order valence-corrected chi connectivity index (χ4v) is 1.78. The van der Waals surface area contributed by atoms with Crippen molar-refractivity contribution in [1.29, 1.82) is 0 Å². The van der Waals surface area contributed by atoms with Crippen molar-refractivity contribution in [3.05, 3.63) is 24.3 Å². The Morgan fingerprint density at radius 1 is 1.38 bits per heavy atom. The van der Waals surface area contributed by atoms with Crippen LogP contribution in [-0.2, 0) is 18.3 Å². The summed E-state index contributed by atoms with van der Waals surface area (Å²) in [5.41, 5.74) is 0. The number of aryl methyl sites for hydroxylation is 1. The Hall–Kier alpha value is -1.16. The number of nitrogens with one attached hydrogen (secondary N) is 2. The third-order valence-electron chi connectivity index (χ3n) is 3.18. The van der Waals surface area contributed by atoms with Crippen LogP contribution in [0.2, 0.25) is 0 Å². The molecule has 0 aliphatic heterocycles. The van der Waals surface area contributed by atoms with Crippen LogP contribution < -0.4 is 10.6 Å². The number of halogens is 1. The maximum atomic E-state index is 5.57. The van der Waals surface area contributed by atoms with Gasteiger partial charge in [0.15, 0.2) is 11.8 Å². The van der Waals surface area contributed by atoms with Crippen LogP contribution in [0.3, 0.4) is 0 Å². The molecule has 0 radical (unpaired) electrons. The second kappa shape index (κ2) is 13.2. The van der Waals surface area contributed by atoms with Crippen LogP contribution in [0, 0.1) is 12.8 Å². The average molecular weight is 450 g/mol. The Bertz CT molecular complexity index is 501. The van der Waals surface area contributed by atoms with Gasteiger partial charge in [-0.15, -0.1) is 40.8 Å². The number of rotatable bonds is 10. The summed E-state index contributed by atoms with van der Waals surface area (Å²) in [5, 5.41) is 14.6. The highest BCUT2D eigenvalue weighted by atomic mass is 127.